The number of aromatic nitrogens is 2. The minimum Gasteiger partial charge on any atom is -0.383 e. The van der Waals surface area contributed by atoms with Gasteiger partial charge in [0.2, 0.25) is 5.95 Å². The monoisotopic (exact) mass is 532 g/mol. The summed E-state index contributed by atoms with van der Waals surface area (Å²) in [6.07, 6.45) is 4.24. The van der Waals surface area contributed by atoms with Gasteiger partial charge in [-0.3, -0.25) is 0 Å². The number of hydrogen-bond acceptors (Lipinski definition) is 5. The summed E-state index contributed by atoms with van der Waals surface area (Å²) in [6.45, 7) is 12.0. The Hall–Kier alpha value is -4.01. The fourth-order valence-corrected chi connectivity index (χ4v) is 5.19. The molecule has 2 amide bonds. The first-order valence-corrected chi connectivity index (χ1v) is 13.5. The van der Waals surface area contributed by atoms with Crippen molar-refractivity contribution in [1.29, 1.82) is 0 Å². The van der Waals surface area contributed by atoms with Crippen LogP contribution >= 0.6 is 0 Å². The Morgan fingerprint density at radius 3 is 2.41 bits per heavy atom. The molecule has 9 heteroatoms. The lowest BCUT2D eigenvalue weighted by Crippen LogP contribution is -2.43. The van der Waals surface area contributed by atoms with Gasteiger partial charge in [0, 0.05) is 36.0 Å². The molecule has 0 saturated carbocycles. The summed E-state index contributed by atoms with van der Waals surface area (Å²) in [6, 6.07) is 9.15. The zero-order valence-electron chi connectivity index (χ0n) is 22.7. The number of amides is 2. The number of nitrogens with zero attached hydrogens (tertiary/aromatic N) is 4. The second-order valence-electron chi connectivity index (χ2n) is 10.4. The van der Waals surface area contributed by atoms with Crippen LogP contribution in [0.15, 0.2) is 43.0 Å². The molecule has 0 unspecified atom stereocenters. The van der Waals surface area contributed by atoms with Crippen molar-refractivity contribution >= 4 is 29.2 Å². The number of nitrogens with one attached hydrogen (secondary N) is 2. The van der Waals surface area contributed by atoms with Gasteiger partial charge in [0.05, 0.1) is 12.2 Å². The van der Waals surface area contributed by atoms with Gasteiger partial charge in [0.15, 0.2) is 5.82 Å². The molecule has 2 N–H and O–H groups in total. The van der Waals surface area contributed by atoms with Crippen LogP contribution in [0.1, 0.15) is 56.2 Å². The van der Waals surface area contributed by atoms with Gasteiger partial charge in [-0.05, 0) is 62.9 Å². The van der Waals surface area contributed by atoms with E-state index in [2.05, 4.69) is 22.1 Å². The molecule has 2 aliphatic heterocycles. The summed E-state index contributed by atoms with van der Waals surface area (Å²) < 4.78 is 30.0. The molecule has 3 heterocycles. The number of halogens is 2. The normalized spacial score (nSPS) is 15.6. The van der Waals surface area contributed by atoms with Gasteiger partial charge >= 0.3 is 6.03 Å². The van der Waals surface area contributed by atoms with Crippen molar-refractivity contribution in [2.75, 3.05) is 22.9 Å². The Bertz CT molecular complexity index is 1390. The van der Waals surface area contributed by atoms with Gasteiger partial charge < -0.3 is 15.5 Å². The zero-order chi connectivity index (χ0) is 27.7. The van der Waals surface area contributed by atoms with Crippen molar-refractivity contribution in [1.82, 2.24) is 20.6 Å². The largest absolute Gasteiger partial charge is 0.383 e. The predicted octanol–water partition coefficient (Wildman–Crippen LogP) is 6.44. The molecule has 7 nitrogen and oxygen atoms in total. The second-order valence-corrected chi connectivity index (χ2v) is 10.4. The summed E-state index contributed by atoms with van der Waals surface area (Å²) in [4.78, 5) is 26.1. The van der Waals surface area contributed by atoms with E-state index in [1.54, 1.807) is 0 Å². The van der Waals surface area contributed by atoms with Gasteiger partial charge in [0.25, 0.3) is 0 Å². The van der Waals surface area contributed by atoms with Crippen LogP contribution in [-0.4, -0.2) is 35.1 Å². The first-order chi connectivity index (χ1) is 18.7. The Balaban J connectivity index is 1.74. The zero-order valence-corrected chi connectivity index (χ0v) is 22.7. The van der Waals surface area contributed by atoms with Crippen molar-refractivity contribution in [3.8, 4) is 11.3 Å². The van der Waals surface area contributed by atoms with Crippen molar-refractivity contribution in [2.24, 2.45) is 0 Å². The SMILES string of the molecule is C=C(NC(C)C)c1ccc(C)c(-c2nc(N3CCCCCC3)nc3c2CNC(=O)N3c2c(F)cccc2F)c1. The highest BCUT2D eigenvalue weighted by molar-refractivity contribution is 6.02. The highest BCUT2D eigenvalue weighted by Crippen LogP contribution is 2.40. The molecule has 0 radical (unpaired) electrons. The number of anilines is 3. The van der Waals surface area contributed by atoms with Gasteiger partial charge in [-0.1, -0.05) is 37.6 Å². The van der Waals surface area contributed by atoms with Crippen LogP contribution in [-0.2, 0) is 6.54 Å². The van der Waals surface area contributed by atoms with Crippen LogP contribution in [0.4, 0.5) is 31.0 Å². The van der Waals surface area contributed by atoms with E-state index in [-0.39, 0.29) is 18.4 Å². The van der Waals surface area contributed by atoms with E-state index in [1.807, 2.05) is 39.0 Å². The van der Waals surface area contributed by atoms with E-state index in [0.29, 0.717) is 17.2 Å². The highest BCUT2D eigenvalue weighted by atomic mass is 19.1. The number of para-hydroxylation sites is 1. The van der Waals surface area contributed by atoms with E-state index in [4.69, 9.17) is 9.97 Å². The summed E-state index contributed by atoms with van der Waals surface area (Å²) in [5.74, 6) is -1.05. The molecule has 2 aromatic carbocycles. The maximum absolute atomic E-state index is 15.0. The number of urea groups is 1. The van der Waals surface area contributed by atoms with E-state index < -0.39 is 23.4 Å². The number of rotatable bonds is 6. The van der Waals surface area contributed by atoms with Crippen LogP contribution in [0.3, 0.4) is 0 Å². The van der Waals surface area contributed by atoms with Gasteiger partial charge in [-0.25, -0.2) is 23.5 Å². The van der Waals surface area contributed by atoms with Gasteiger partial charge in [0.1, 0.15) is 17.3 Å². The fourth-order valence-electron chi connectivity index (χ4n) is 5.19. The van der Waals surface area contributed by atoms with E-state index in [1.165, 1.54) is 6.07 Å². The summed E-state index contributed by atoms with van der Waals surface area (Å²) >= 11 is 0. The molecular formula is C30H34F2N6O. The highest BCUT2D eigenvalue weighted by Gasteiger charge is 2.35. The molecule has 204 valence electrons. The number of carbonyl (C=O) groups is 1. The topological polar surface area (TPSA) is 73.4 Å². The quantitative estimate of drug-likeness (QED) is 0.382. The lowest BCUT2D eigenvalue weighted by atomic mass is 9.97. The van der Waals surface area contributed by atoms with Crippen LogP contribution < -0.4 is 20.4 Å². The minimum absolute atomic E-state index is 0.130. The average molecular weight is 533 g/mol. The van der Waals surface area contributed by atoms with Crippen LogP contribution in [0, 0.1) is 18.6 Å². The average Bonchev–Trinajstić information content (AvgIpc) is 3.19. The molecule has 0 spiro atoms. The number of fused-ring (bicyclic) bond motifs is 1. The Kier molecular flexibility index (Phi) is 7.50. The van der Waals surface area contributed by atoms with Crippen molar-refractivity contribution in [2.45, 2.75) is 59.0 Å². The standard InChI is InChI=1S/C30H34F2N6O/c1-18(2)34-20(4)21-13-12-19(3)22(16-21)26-23-17-33-30(39)38(27-24(31)10-9-11-25(27)32)28(23)36-29(35-26)37-14-7-5-6-8-15-37/h9-13,16,18,34H,4-8,14-15,17H2,1-3H3,(H,33,39). The molecule has 0 bridgehead atoms. The molecular weight excluding hydrogens is 498 g/mol. The number of aryl methyl sites for hydroxylation is 1. The van der Waals surface area contributed by atoms with Crippen molar-refractivity contribution in [3.05, 3.63) is 71.3 Å². The third-order valence-corrected chi connectivity index (χ3v) is 7.16. The molecule has 39 heavy (non-hydrogen) atoms. The Morgan fingerprint density at radius 2 is 1.74 bits per heavy atom. The maximum atomic E-state index is 15.0. The molecule has 0 aliphatic carbocycles. The Morgan fingerprint density at radius 1 is 1.05 bits per heavy atom. The first kappa shape index (κ1) is 26.6. The second kappa shape index (κ2) is 11.0. The number of benzene rings is 2. The summed E-state index contributed by atoms with van der Waals surface area (Å²) in [5.41, 5.74) is 4.27. The van der Waals surface area contributed by atoms with Crippen LogP contribution in [0.5, 0.6) is 0 Å². The van der Waals surface area contributed by atoms with Crippen LogP contribution in [0.2, 0.25) is 0 Å². The smallest absolute Gasteiger partial charge is 0.328 e. The molecule has 0 atom stereocenters. The van der Waals surface area contributed by atoms with Crippen molar-refractivity contribution < 1.29 is 13.6 Å². The molecule has 3 aromatic rings. The van der Waals surface area contributed by atoms with E-state index in [9.17, 15) is 4.79 Å². The molecule has 1 aromatic heterocycles. The number of hydrogen-bond donors (Lipinski definition) is 2. The number of carbonyl (C=O) groups excluding carboxylic acids is 1. The Labute approximate surface area is 228 Å². The maximum Gasteiger partial charge on any atom is 0.328 e. The third kappa shape index (κ3) is 5.30. The third-order valence-electron chi connectivity index (χ3n) is 7.16. The molecule has 5 rings (SSSR count). The van der Waals surface area contributed by atoms with E-state index >= 15 is 8.78 Å². The van der Waals surface area contributed by atoms with Crippen LogP contribution in [0.25, 0.3) is 17.0 Å². The lowest BCUT2D eigenvalue weighted by molar-refractivity contribution is 0.246. The van der Waals surface area contributed by atoms with Gasteiger partial charge in [-0.15, -0.1) is 0 Å². The van der Waals surface area contributed by atoms with Gasteiger partial charge in [-0.2, -0.15) is 4.98 Å². The fraction of sp³-hybridized carbons (Fsp3) is 0.367. The lowest BCUT2D eigenvalue weighted by Gasteiger charge is -2.32. The molecule has 1 fully saturated rings. The van der Waals surface area contributed by atoms with E-state index in [0.717, 1.165) is 78.2 Å². The minimum atomic E-state index is -0.844. The first-order valence-electron chi connectivity index (χ1n) is 13.5. The summed E-state index contributed by atoms with van der Waals surface area (Å²) in [7, 11) is 0. The molecule has 2 aliphatic rings. The summed E-state index contributed by atoms with van der Waals surface area (Å²) in [5, 5.41) is 6.13. The van der Waals surface area contributed by atoms with Crippen molar-refractivity contribution in [3.63, 3.8) is 0 Å². The predicted molar refractivity (Wildman–Crippen MR) is 151 cm³/mol. The molecule has 1 saturated heterocycles.